The van der Waals surface area contributed by atoms with Gasteiger partial charge in [-0.3, -0.25) is 14.7 Å². The van der Waals surface area contributed by atoms with E-state index < -0.39 is 0 Å². The number of fused-ring (bicyclic) bond motifs is 1. The minimum absolute atomic E-state index is 0.0346. The third kappa shape index (κ3) is 3.32. The molecule has 1 fully saturated rings. The Balaban J connectivity index is 1.44. The molecule has 1 aromatic carbocycles. The number of Topliss-reactive ketones (excluding diaryl/α,β-unsaturated/α-hetero) is 1. The van der Waals surface area contributed by atoms with Crippen LogP contribution in [0.5, 0.6) is 0 Å². The van der Waals surface area contributed by atoms with Crippen LogP contribution in [0.1, 0.15) is 40.7 Å². The van der Waals surface area contributed by atoms with E-state index in [9.17, 15) is 9.59 Å². The monoisotopic (exact) mass is 369 g/mol. The van der Waals surface area contributed by atoms with Crippen molar-refractivity contribution in [2.75, 3.05) is 18.0 Å². The number of aromatic amines is 1. The highest BCUT2D eigenvalue weighted by Gasteiger charge is 2.24. The number of hydrogen-bond donors (Lipinski definition) is 2. The maximum Gasteiger partial charge on any atom is 0.269 e. The number of benzene rings is 1. The van der Waals surface area contributed by atoms with Crippen molar-refractivity contribution in [2.45, 2.75) is 25.8 Å². The largest absolute Gasteiger partial charge is 0.346 e. The predicted octanol–water partition coefficient (Wildman–Crippen LogP) is 2.62. The summed E-state index contributed by atoms with van der Waals surface area (Å²) in [6, 6.07) is 9.63. The van der Waals surface area contributed by atoms with Crippen LogP contribution in [0.3, 0.4) is 0 Å². The summed E-state index contributed by atoms with van der Waals surface area (Å²) in [5, 5.41) is 10.5. The quantitative estimate of drug-likeness (QED) is 0.690. The second kappa shape index (κ2) is 6.87. The van der Waals surface area contributed by atoms with Gasteiger partial charge in [0.15, 0.2) is 10.9 Å². The van der Waals surface area contributed by atoms with E-state index in [2.05, 4.69) is 26.5 Å². The number of rotatable bonds is 4. The molecule has 0 bridgehead atoms. The van der Waals surface area contributed by atoms with E-state index in [4.69, 9.17) is 4.98 Å². The molecule has 0 saturated carbocycles. The molecule has 0 aliphatic carbocycles. The normalized spacial score (nSPS) is 17.4. The second-order valence-corrected chi connectivity index (χ2v) is 7.45. The van der Waals surface area contributed by atoms with Crippen molar-refractivity contribution in [1.29, 1.82) is 0 Å². The fraction of sp³-hybridized carbons (Fsp3) is 0.333. The maximum atomic E-state index is 12.4. The average molecular weight is 369 g/mol. The van der Waals surface area contributed by atoms with E-state index in [1.807, 2.05) is 18.2 Å². The Morgan fingerprint density at radius 3 is 2.96 bits per heavy atom. The third-order valence-corrected chi connectivity index (χ3v) is 5.59. The van der Waals surface area contributed by atoms with Crippen LogP contribution in [0, 0.1) is 0 Å². The van der Waals surface area contributed by atoms with Crippen molar-refractivity contribution >= 4 is 38.4 Å². The van der Waals surface area contributed by atoms with E-state index in [1.54, 1.807) is 11.3 Å². The number of carbonyl (C=O) groups is 2. The summed E-state index contributed by atoms with van der Waals surface area (Å²) in [5.74, 6) is -0.402. The van der Waals surface area contributed by atoms with Gasteiger partial charge in [-0.2, -0.15) is 5.10 Å². The van der Waals surface area contributed by atoms with Gasteiger partial charge in [-0.25, -0.2) is 4.98 Å². The Morgan fingerprint density at radius 2 is 2.19 bits per heavy atom. The summed E-state index contributed by atoms with van der Waals surface area (Å²) in [6.07, 6.45) is 1.91. The van der Waals surface area contributed by atoms with Crippen LogP contribution in [0.15, 0.2) is 30.3 Å². The number of nitrogens with one attached hydrogen (secondary N) is 2. The Morgan fingerprint density at radius 1 is 1.35 bits per heavy atom. The molecule has 3 aromatic rings. The number of thiazole rings is 1. The van der Waals surface area contributed by atoms with Crippen LogP contribution in [-0.2, 0) is 0 Å². The summed E-state index contributed by atoms with van der Waals surface area (Å²) < 4.78 is 1.17. The average Bonchev–Trinajstić information content (AvgIpc) is 3.29. The fourth-order valence-corrected chi connectivity index (χ4v) is 4.15. The van der Waals surface area contributed by atoms with Crippen molar-refractivity contribution in [3.05, 3.63) is 41.7 Å². The van der Waals surface area contributed by atoms with Gasteiger partial charge in [0.25, 0.3) is 5.91 Å². The molecule has 8 heteroatoms. The molecule has 2 aromatic heterocycles. The number of nitrogens with zero attached hydrogens (tertiary/aromatic N) is 3. The summed E-state index contributed by atoms with van der Waals surface area (Å²) >= 11 is 1.68. The fourth-order valence-electron chi connectivity index (χ4n) is 3.15. The van der Waals surface area contributed by atoms with Gasteiger partial charge in [-0.05, 0) is 31.0 Å². The highest BCUT2D eigenvalue weighted by atomic mass is 32.1. The van der Waals surface area contributed by atoms with Crippen molar-refractivity contribution in [3.8, 4) is 0 Å². The zero-order valence-electron chi connectivity index (χ0n) is 14.4. The smallest absolute Gasteiger partial charge is 0.269 e. The number of aromatic nitrogens is 3. The first kappa shape index (κ1) is 16.7. The van der Waals surface area contributed by atoms with E-state index in [-0.39, 0.29) is 23.4 Å². The Labute approximate surface area is 154 Å². The number of amides is 1. The molecule has 7 nitrogen and oxygen atoms in total. The zero-order valence-corrected chi connectivity index (χ0v) is 15.2. The van der Waals surface area contributed by atoms with Crippen molar-refractivity contribution in [3.63, 3.8) is 0 Å². The van der Waals surface area contributed by atoms with Gasteiger partial charge in [0, 0.05) is 26.1 Å². The van der Waals surface area contributed by atoms with Gasteiger partial charge < -0.3 is 10.2 Å². The van der Waals surface area contributed by atoms with Crippen molar-refractivity contribution in [2.24, 2.45) is 0 Å². The van der Waals surface area contributed by atoms with Gasteiger partial charge in [-0.1, -0.05) is 23.5 Å². The number of ketones is 1. The maximum absolute atomic E-state index is 12.4. The lowest BCUT2D eigenvalue weighted by Gasteiger charge is -2.32. The summed E-state index contributed by atoms with van der Waals surface area (Å²) in [5.41, 5.74) is 1.59. The van der Waals surface area contributed by atoms with E-state index in [0.29, 0.717) is 5.69 Å². The molecule has 1 unspecified atom stereocenters. The number of anilines is 1. The van der Waals surface area contributed by atoms with Gasteiger partial charge in [0.1, 0.15) is 11.4 Å². The van der Waals surface area contributed by atoms with E-state index in [1.165, 1.54) is 17.7 Å². The van der Waals surface area contributed by atoms with Crippen LogP contribution in [-0.4, -0.2) is 46.0 Å². The molecular formula is C18H19N5O2S. The first-order chi connectivity index (χ1) is 12.6. The summed E-state index contributed by atoms with van der Waals surface area (Å²) in [4.78, 5) is 30.7. The molecule has 1 aliphatic heterocycles. The molecule has 1 amide bonds. The second-order valence-electron chi connectivity index (χ2n) is 6.45. The molecule has 26 heavy (non-hydrogen) atoms. The number of hydrogen-bond acceptors (Lipinski definition) is 6. The predicted molar refractivity (Wildman–Crippen MR) is 101 cm³/mol. The number of carbonyl (C=O) groups excluding carboxylic acids is 2. The van der Waals surface area contributed by atoms with Gasteiger partial charge >= 0.3 is 0 Å². The van der Waals surface area contributed by atoms with Crippen molar-refractivity contribution < 1.29 is 9.59 Å². The zero-order chi connectivity index (χ0) is 18.1. The van der Waals surface area contributed by atoms with E-state index >= 15 is 0 Å². The lowest BCUT2D eigenvalue weighted by molar-refractivity contribution is 0.0927. The Kier molecular flexibility index (Phi) is 4.42. The Hall–Kier alpha value is -2.74. The SMILES string of the molecule is CC(=O)c1cc(C(=O)NC2CCCN(c3nc4ccccc4s3)C2)[nH]n1. The van der Waals surface area contributed by atoms with Crippen LogP contribution >= 0.6 is 11.3 Å². The number of para-hydroxylation sites is 1. The van der Waals surface area contributed by atoms with Gasteiger partial charge in [0.2, 0.25) is 0 Å². The van der Waals surface area contributed by atoms with Crippen molar-refractivity contribution in [1.82, 2.24) is 20.5 Å². The molecule has 134 valence electrons. The number of H-pyrrole nitrogens is 1. The first-order valence-electron chi connectivity index (χ1n) is 8.58. The molecular weight excluding hydrogens is 350 g/mol. The highest BCUT2D eigenvalue weighted by Crippen LogP contribution is 2.30. The molecule has 0 spiro atoms. The number of piperidine rings is 1. The topological polar surface area (TPSA) is 91.0 Å². The molecule has 2 N–H and O–H groups in total. The molecule has 1 saturated heterocycles. The standard InChI is InChI=1S/C18H19N5O2S/c1-11(24)14-9-15(22-21-14)17(25)19-12-5-4-8-23(10-12)18-20-13-6-2-3-7-16(13)26-18/h2-3,6-7,9,12H,4-5,8,10H2,1H3,(H,19,25)(H,21,22). The molecule has 3 heterocycles. The molecule has 1 atom stereocenters. The molecule has 4 rings (SSSR count). The minimum atomic E-state index is -0.235. The lowest BCUT2D eigenvalue weighted by Crippen LogP contribution is -2.47. The first-order valence-corrected chi connectivity index (χ1v) is 9.39. The van der Waals surface area contributed by atoms with Crippen LogP contribution in [0.25, 0.3) is 10.2 Å². The van der Waals surface area contributed by atoms with Crippen LogP contribution in [0.4, 0.5) is 5.13 Å². The van der Waals surface area contributed by atoms with Gasteiger partial charge in [-0.15, -0.1) is 0 Å². The third-order valence-electron chi connectivity index (χ3n) is 4.49. The lowest BCUT2D eigenvalue weighted by atomic mass is 10.1. The minimum Gasteiger partial charge on any atom is -0.346 e. The highest BCUT2D eigenvalue weighted by molar-refractivity contribution is 7.22. The van der Waals surface area contributed by atoms with Crippen LogP contribution in [0.2, 0.25) is 0 Å². The Bertz CT molecular complexity index is 930. The van der Waals surface area contributed by atoms with Crippen LogP contribution < -0.4 is 10.2 Å². The van der Waals surface area contributed by atoms with E-state index in [0.717, 1.165) is 36.6 Å². The molecule has 1 aliphatic rings. The summed E-state index contributed by atoms with van der Waals surface area (Å²) in [6.45, 7) is 3.08. The molecule has 0 radical (unpaired) electrons. The van der Waals surface area contributed by atoms with Gasteiger partial charge in [0.05, 0.1) is 10.2 Å². The summed E-state index contributed by atoms with van der Waals surface area (Å²) in [7, 11) is 0.